The zero-order chi connectivity index (χ0) is 24.5. The summed E-state index contributed by atoms with van der Waals surface area (Å²) in [5.41, 5.74) is 0. The SMILES string of the molecule is CCCCCCC(C=O)CCC(CCCCCC)CCCCCCCCCOC1CCCCC1. The Morgan fingerprint density at radius 1 is 0.618 bits per heavy atom. The quantitative estimate of drug-likeness (QED) is 0.0963. The van der Waals surface area contributed by atoms with Crippen molar-refractivity contribution in [3.05, 3.63) is 0 Å². The lowest BCUT2D eigenvalue weighted by atomic mass is 9.86. The molecule has 0 aromatic carbocycles. The maximum atomic E-state index is 11.6. The topological polar surface area (TPSA) is 26.3 Å². The fourth-order valence-electron chi connectivity index (χ4n) is 5.76. The van der Waals surface area contributed by atoms with Gasteiger partial charge in [0.2, 0.25) is 0 Å². The average Bonchev–Trinajstić information content (AvgIpc) is 2.87. The number of hydrogen-bond acceptors (Lipinski definition) is 2. The van der Waals surface area contributed by atoms with E-state index in [0.717, 1.165) is 25.4 Å². The van der Waals surface area contributed by atoms with Crippen LogP contribution in [0.5, 0.6) is 0 Å². The van der Waals surface area contributed by atoms with E-state index in [2.05, 4.69) is 13.8 Å². The molecule has 2 nitrogen and oxygen atoms in total. The van der Waals surface area contributed by atoms with E-state index in [0.29, 0.717) is 12.0 Å². The molecule has 1 fully saturated rings. The second-order valence-electron chi connectivity index (χ2n) is 11.4. The summed E-state index contributed by atoms with van der Waals surface area (Å²) in [5.74, 6) is 1.17. The van der Waals surface area contributed by atoms with Crippen molar-refractivity contribution in [2.24, 2.45) is 11.8 Å². The molecular weight excluding hydrogens is 416 g/mol. The summed E-state index contributed by atoms with van der Waals surface area (Å²) in [7, 11) is 0. The highest BCUT2D eigenvalue weighted by Gasteiger charge is 2.14. The molecule has 0 bridgehead atoms. The van der Waals surface area contributed by atoms with Gasteiger partial charge in [-0.05, 0) is 44.4 Å². The highest BCUT2D eigenvalue weighted by Crippen LogP contribution is 2.26. The first-order valence-electron chi connectivity index (χ1n) is 15.9. The number of unbranched alkanes of at least 4 members (excludes halogenated alkanes) is 12. The molecule has 1 aliphatic rings. The number of hydrogen-bond donors (Lipinski definition) is 0. The number of ether oxygens (including phenoxy) is 1. The summed E-state index contributed by atoms with van der Waals surface area (Å²) in [5, 5.41) is 0. The molecule has 0 aliphatic heterocycles. The molecule has 0 heterocycles. The Morgan fingerprint density at radius 2 is 1.15 bits per heavy atom. The molecule has 0 saturated heterocycles. The van der Waals surface area contributed by atoms with Crippen molar-refractivity contribution in [1.82, 2.24) is 0 Å². The standard InChI is InChI=1S/C32H62O2/c1-3-5-7-15-21-30(26-27-31(29-33)23-16-8-6-4-2)22-17-12-10-9-11-13-20-28-34-32-24-18-14-19-25-32/h29-32H,3-28H2,1-2H3. The maximum absolute atomic E-state index is 11.6. The van der Waals surface area contributed by atoms with Crippen LogP contribution in [-0.2, 0) is 9.53 Å². The van der Waals surface area contributed by atoms with Crippen molar-refractivity contribution in [2.75, 3.05) is 6.61 Å². The van der Waals surface area contributed by atoms with Gasteiger partial charge < -0.3 is 9.53 Å². The van der Waals surface area contributed by atoms with E-state index < -0.39 is 0 Å². The molecule has 0 radical (unpaired) electrons. The molecule has 0 N–H and O–H groups in total. The van der Waals surface area contributed by atoms with Gasteiger partial charge in [-0.25, -0.2) is 0 Å². The molecule has 0 aromatic rings. The summed E-state index contributed by atoms with van der Waals surface area (Å²) in [6, 6.07) is 0. The molecule has 0 amide bonds. The fourth-order valence-corrected chi connectivity index (χ4v) is 5.76. The summed E-state index contributed by atoms with van der Waals surface area (Å²) in [4.78, 5) is 11.6. The third-order valence-electron chi connectivity index (χ3n) is 8.20. The van der Waals surface area contributed by atoms with E-state index in [9.17, 15) is 4.79 Å². The fraction of sp³-hybridized carbons (Fsp3) is 0.969. The largest absolute Gasteiger partial charge is 0.378 e. The van der Waals surface area contributed by atoms with Crippen LogP contribution < -0.4 is 0 Å². The van der Waals surface area contributed by atoms with Crippen LogP contribution in [0.15, 0.2) is 0 Å². The van der Waals surface area contributed by atoms with Gasteiger partial charge in [-0.15, -0.1) is 0 Å². The minimum Gasteiger partial charge on any atom is -0.378 e. The van der Waals surface area contributed by atoms with Gasteiger partial charge in [0.1, 0.15) is 6.29 Å². The zero-order valence-electron chi connectivity index (χ0n) is 23.5. The maximum Gasteiger partial charge on any atom is 0.123 e. The molecule has 0 aromatic heterocycles. The zero-order valence-corrected chi connectivity index (χ0v) is 23.5. The van der Waals surface area contributed by atoms with Crippen LogP contribution in [0.1, 0.15) is 174 Å². The van der Waals surface area contributed by atoms with Crippen LogP contribution in [0.2, 0.25) is 0 Å². The Morgan fingerprint density at radius 3 is 1.74 bits per heavy atom. The van der Waals surface area contributed by atoms with Gasteiger partial charge in [0.15, 0.2) is 0 Å². The molecule has 1 rings (SSSR count). The van der Waals surface area contributed by atoms with E-state index in [1.54, 1.807) is 0 Å². The van der Waals surface area contributed by atoms with Crippen molar-refractivity contribution in [2.45, 2.75) is 180 Å². The van der Waals surface area contributed by atoms with Crippen LogP contribution in [-0.4, -0.2) is 19.0 Å². The Balaban J connectivity index is 2.09. The number of aldehydes is 1. The van der Waals surface area contributed by atoms with Crippen molar-refractivity contribution in [3.63, 3.8) is 0 Å². The van der Waals surface area contributed by atoms with Crippen LogP contribution in [0.4, 0.5) is 0 Å². The third-order valence-corrected chi connectivity index (χ3v) is 8.20. The Hall–Kier alpha value is -0.370. The van der Waals surface area contributed by atoms with Gasteiger partial charge in [0, 0.05) is 12.5 Å². The summed E-state index contributed by atoms with van der Waals surface area (Å²) in [6.45, 7) is 5.55. The van der Waals surface area contributed by atoms with Crippen LogP contribution in [0.25, 0.3) is 0 Å². The molecule has 2 heteroatoms. The lowest BCUT2D eigenvalue weighted by Gasteiger charge is -2.21. The molecule has 202 valence electrons. The van der Waals surface area contributed by atoms with E-state index in [1.165, 1.54) is 154 Å². The van der Waals surface area contributed by atoms with E-state index in [1.807, 2.05) is 0 Å². The molecule has 34 heavy (non-hydrogen) atoms. The summed E-state index contributed by atoms with van der Waals surface area (Å²) in [6.07, 6.45) is 35.1. The first kappa shape index (κ1) is 31.7. The highest BCUT2D eigenvalue weighted by atomic mass is 16.5. The van der Waals surface area contributed by atoms with Gasteiger partial charge in [-0.2, -0.15) is 0 Å². The van der Waals surface area contributed by atoms with E-state index in [-0.39, 0.29) is 0 Å². The first-order chi connectivity index (χ1) is 16.8. The van der Waals surface area contributed by atoms with Gasteiger partial charge in [-0.1, -0.05) is 136 Å². The van der Waals surface area contributed by atoms with Crippen LogP contribution in [0, 0.1) is 11.8 Å². The molecular formula is C32H62O2. The smallest absolute Gasteiger partial charge is 0.123 e. The molecule has 1 aliphatic carbocycles. The van der Waals surface area contributed by atoms with Crippen molar-refractivity contribution >= 4 is 6.29 Å². The first-order valence-corrected chi connectivity index (χ1v) is 15.9. The lowest BCUT2D eigenvalue weighted by Crippen LogP contribution is -2.17. The van der Waals surface area contributed by atoms with Crippen LogP contribution in [0.3, 0.4) is 0 Å². The highest BCUT2D eigenvalue weighted by molar-refractivity contribution is 5.53. The molecule has 0 spiro atoms. The minimum absolute atomic E-state index is 0.317. The van der Waals surface area contributed by atoms with Crippen molar-refractivity contribution in [3.8, 4) is 0 Å². The third kappa shape index (κ3) is 18.9. The van der Waals surface area contributed by atoms with Crippen molar-refractivity contribution in [1.29, 1.82) is 0 Å². The second kappa shape index (κ2) is 24.3. The monoisotopic (exact) mass is 478 g/mol. The predicted molar refractivity (Wildman–Crippen MR) is 150 cm³/mol. The Labute approximate surface area is 214 Å². The number of carbonyl (C=O) groups excluding carboxylic acids is 1. The number of carbonyl (C=O) groups is 1. The Bertz CT molecular complexity index is 415. The van der Waals surface area contributed by atoms with Crippen LogP contribution >= 0.6 is 0 Å². The predicted octanol–water partition coefficient (Wildman–Crippen LogP) is 10.6. The molecule has 1 saturated carbocycles. The Kier molecular flexibility index (Phi) is 22.7. The average molecular weight is 479 g/mol. The van der Waals surface area contributed by atoms with E-state index in [4.69, 9.17) is 4.74 Å². The molecule has 2 atom stereocenters. The van der Waals surface area contributed by atoms with E-state index >= 15 is 0 Å². The van der Waals surface area contributed by atoms with Gasteiger partial charge in [0.25, 0.3) is 0 Å². The van der Waals surface area contributed by atoms with Gasteiger partial charge in [0.05, 0.1) is 6.10 Å². The van der Waals surface area contributed by atoms with Gasteiger partial charge >= 0.3 is 0 Å². The summed E-state index contributed by atoms with van der Waals surface area (Å²) >= 11 is 0. The second-order valence-corrected chi connectivity index (χ2v) is 11.4. The van der Waals surface area contributed by atoms with Crippen molar-refractivity contribution < 1.29 is 9.53 Å². The minimum atomic E-state index is 0.317. The molecule has 2 unspecified atom stereocenters. The van der Waals surface area contributed by atoms with Gasteiger partial charge in [-0.3, -0.25) is 0 Å². The summed E-state index contributed by atoms with van der Waals surface area (Å²) < 4.78 is 6.06. The number of rotatable bonds is 25. The normalized spacial score (nSPS) is 16.5. The lowest BCUT2D eigenvalue weighted by molar-refractivity contribution is -0.111.